The molecule has 110 valence electrons. The average Bonchev–Trinajstić information content (AvgIpc) is 2.28. The Balaban J connectivity index is 3.78. The van der Waals surface area contributed by atoms with Crippen LogP contribution in [0.2, 0.25) is 0 Å². The van der Waals surface area contributed by atoms with Crippen molar-refractivity contribution in [3.63, 3.8) is 0 Å². The summed E-state index contributed by atoms with van der Waals surface area (Å²) in [4.78, 5) is 0. The van der Waals surface area contributed by atoms with Crippen LogP contribution >= 0.6 is 0 Å². The molecular formula is C10H22F2N2O3S. The summed E-state index contributed by atoms with van der Waals surface area (Å²) < 4.78 is 53.7. The number of ether oxygens (including phenoxy) is 1. The number of sulfonamides is 1. The molecule has 0 amide bonds. The lowest BCUT2D eigenvalue weighted by atomic mass is 10.4. The third-order valence-electron chi connectivity index (χ3n) is 2.18. The predicted octanol–water partition coefficient (Wildman–Crippen LogP) is 0.576. The highest BCUT2D eigenvalue weighted by atomic mass is 32.2. The van der Waals surface area contributed by atoms with Crippen LogP contribution in [-0.2, 0) is 14.8 Å². The lowest BCUT2D eigenvalue weighted by Gasteiger charge is -2.14. The van der Waals surface area contributed by atoms with E-state index in [0.29, 0.717) is 6.54 Å². The van der Waals surface area contributed by atoms with Gasteiger partial charge < -0.3 is 10.1 Å². The van der Waals surface area contributed by atoms with Gasteiger partial charge in [-0.2, -0.15) is 0 Å². The average molecular weight is 288 g/mol. The normalized spacial score (nSPS) is 14.1. The SMILES string of the molecule is CCCNCC(C)S(=O)(=O)NCCOCC(F)F. The molecule has 0 aliphatic carbocycles. The molecule has 0 saturated carbocycles. The smallest absolute Gasteiger partial charge is 0.261 e. The first-order chi connectivity index (χ1) is 8.40. The molecule has 0 aromatic rings. The van der Waals surface area contributed by atoms with Crippen molar-refractivity contribution in [3.05, 3.63) is 0 Å². The number of nitrogens with one attached hydrogen (secondary N) is 2. The van der Waals surface area contributed by atoms with E-state index in [2.05, 4.69) is 14.8 Å². The number of rotatable bonds is 11. The van der Waals surface area contributed by atoms with Crippen LogP contribution in [0.25, 0.3) is 0 Å². The van der Waals surface area contributed by atoms with E-state index in [-0.39, 0.29) is 13.2 Å². The Morgan fingerprint density at radius 3 is 2.50 bits per heavy atom. The van der Waals surface area contributed by atoms with Crippen molar-refractivity contribution in [2.24, 2.45) is 0 Å². The van der Waals surface area contributed by atoms with Crippen LogP contribution in [0.4, 0.5) is 8.78 Å². The topological polar surface area (TPSA) is 67.4 Å². The Hall–Kier alpha value is -0.310. The van der Waals surface area contributed by atoms with Gasteiger partial charge in [-0.05, 0) is 19.9 Å². The Kier molecular flexibility index (Phi) is 9.43. The zero-order valence-corrected chi connectivity index (χ0v) is 11.6. The first-order valence-electron chi connectivity index (χ1n) is 5.95. The molecule has 8 heteroatoms. The maximum absolute atomic E-state index is 11.7. The van der Waals surface area contributed by atoms with Gasteiger partial charge in [0.1, 0.15) is 6.61 Å². The largest absolute Gasteiger partial charge is 0.374 e. The maximum atomic E-state index is 11.7. The molecule has 0 radical (unpaired) electrons. The summed E-state index contributed by atoms with van der Waals surface area (Å²) in [6, 6.07) is 0. The van der Waals surface area contributed by atoms with Gasteiger partial charge in [-0.25, -0.2) is 21.9 Å². The molecule has 0 saturated heterocycles. The summed E-state index contributed by atoms with van der Waals surface area (Å²) in [5.74, 6) is 0. The molecule has 0 rings (SSSR count). The summed E-state index contributed by atoms with van der Waals surface area (Å²) in [5.41, 5.74) is 0. The van der Waals surface area contributed by atoms with Gasteiger partial charge in [0.15, 0.2) is 0 Å². The number of hydrogen-bond donors (Lipinski definition) is 2. The molecule has 0 fully saturated rings. The monoisotopic (exact) mass is 288 g/mol. The highest BCUT2D eigenvalue weighted by molar-refractivity contribution is 7.90. The molecule has 0 spiro atoms. The zero-order chi connectivity index (χ0) is 14.0. The fourth-order valence-electron chi connectivity index (χ4n) is 1.16. The van der Waals surface area contributed by atoms with Gasteiger partial charge >= 0.3 is 0 Å². The quantitative estimate of drug-likeness (QED) is 0.546. The molecule has 0 aromatic carbocycles. The van der Waals surface area contributed by atoms with Crippen LogP contribution in [0.5, 0.6) is 0 Å². The van der Waals surface area contributed by atoms with Gasteiger partial charge in [-0.3, -0.25) is 0 Å². The lowest BCUT2D eigenvalue weighted by molar-refractivity contribution is 0.0199. The van der Waals surface area contributed by atoms with E-state index in [1.54, 1.807) is 6.92 Å². The third-order valence-corrected chi connectivity index (χ3v) is 4.01. The molecule has 1 atom stereocenters. The van der Waals surface area contributed by atoms with Gasteiger partial charge in [0.2, 0.25) is 10.0 Å². The van der Waals surface area contributed by atoms with Crippen LogP contribution in [0, 0.1) is 0 Å². The Morgan fingerprint density at radius 1 is 1.28 bits per heavy atom. The van der Waals surface area contributed by atoms with Crippen molar-refractivity contribution in [2.45, 2.75) is 31.9 Å². The molecule has 0 bridgehead atoms. The lowest BCUT2D eigenvalue weighted by Crippen LogP contribution is -2.40. The van der Waals surface area contributed by atoms with Crippen molar-refractivity contribution in [1.82, 2.24) is 10.0 Å². The summed E-state index contributed by atoms with van der Waals surface area (Å²) >= 11 is 0. The molecule has 0 aliphatic heterocycles. The van der Waals surface area contributed by atoms with E-state index in [4.69, 9.17) is 0 Å². The summed E-state index contributed by atoms with van der Waals surface area (Å²) in [5, 5.41) is 2.44. The Labute approximate surface area is 107 Å². The summed E-state index contributed by atoms with van der Waals surface area (Å²) in [6.45, 7) is 3.98. The van der Waals surface area contributed by atoms with E-state index in [9.17, 15) is 17.2 Å². The van der Waals surface area contributed by atoms with E-state index in [1.165, 1.54) is 0 Å². The van der Waals surface area contributed by atoms with Crippen molar-refractivity contribution in [3.8, 4) is 0 Å². The Morgan fingerprint density at radius 2 is 1.94 bits per heavy atom. The molecule has 18 heavy (non-hydrogen) atoms. The standard InChI is InChI=1S/C10H22F2N2O3S/c1-3-4-13-7-9(2)18(15,16)14-5-6-17-8-10(11)12/h9-10,13-14H,3-8H2,1-2H3. The molecule has 5 nitrogen and oxygen atoms in total. The van der Waals surface area contributed by atoms with E-state index in [1.807, 2.05) is 6.92 Å². The maximum Gasteiger partial charge on any atom is 0.261 e. The molecule has 0 aromatic heterocycles. The van der Waals surface area contributed by atoms with Crippen LogP contribution in [0.1, 0.15) is 20.3 Å². The fourth-order valence-corrected chi connectivity index (χ4v) is 2.15. The number of hydrogen-bond acceptors (Lipinski definition) is 4. The van der Waals surface area contributed by atoms with Gasteiger partial charge in [0.25, 0.3) is 6.43 Å². The minimum Gasteiger partial charge on any atom is -0.374 e. The third kappa shape index (κ3) is 8.73. The second-order valence-corrected chi connectivity index (χ2v) is 6.10. The van der Waals surface area contributed by atoms with Crippen molar-refractivity contribution < 1.29 is 21.9 Å². The highest BCUT2D eigenvalue weighted by Gasteiger charge is 2.19. The van der Waals surface area contributed by atoms with Crippen LogP contribution in [0.3, 0.4) is 0 Å². The summed E-state index contributed by atoms with van der Waals surface area (Å²) in [7, 11) is -3.42. The minimum atomic E-state index is -3.42. The number of alkyl halides is 2. The first kappa shape index (κ1) is 17.7. The predicted molar refractivity (Wildman–Crippen MR) is 66.4 cm³/mol. The van der Waals surface area contributed by atoms with E-state index >= 15 is 0 Å². The van der Waals surface area contributed by atoms with Gasteiger partial charge in [0.05, 0.1) is 11.9 Å². The Bertz CT molecular complexity index is 299. The van der Waals surface area contributed by atoms with Crippen molar-refractivity contribution in [2.75, 3.05) is 32.8 Å². The van der Waals surface area contributed by atoms with Gasteiger partial charge in [0, 0.05) is 13.1 Å². The van der Waals surface area contributed by atoms with Crippen molar-refractivity contribution >= 4 is 10.0 Å². The van der Waals surface area contributed by atoms with E-state index < -0.39 is 28.3 Å². The van der Waals surface area contributed by atoms with Crippen LogP contribution in [-0.4, -0.2) is 52.9 Å². The molecule has 1 unspecified atom stereocenters. The van der Waals surface area contributed by atoms with Crippen LogP contribution in [0.15, 0.2) is 0 Å². The number of halogens is 2. The van der Waals surface area contributed by atoms with Gasteiger partial charge in [-0.15, -0.1) is 0 Å². The molecule has 0 aliphatic rings. The summed E-state index contributed by atoms with van der Waals surface area (Å²) in [6.07, 6.45) is -1.60. The van der Waals surface area contributed by atoms with Crippen molar-refractivity contribution in [1.29, 1.82) is 0 Å². The van der Waals surface area contributed by atoms with E-state index in [0.717, 1.165) is 13.0 Å². The molecule has 2 N–H and O–H groups in total. The van der Waals surface area contributed by atoms with Gasteiger partial charge in [-0.1, -0.05) is 6.92 Å². The highest BCUT2D eigenvalue weighted by Crippen LogP contribution is 1.97. The second kappa shape index (κ2) is 9.60. The second-order valence-electron chi connectivity index (χ2n) is 3.92. The first-order valence-corrected chi connectivity index (χ1v) is 7.49. The minimum absolute atomic E-state index is 0.00711. The zero-order valence-electron chi connectivity index (χ0n) is 10.8. The fraction of sp³-hybridized carbons (Fsp3) is 1.00. The van der Waals surface area contributed by atoms with Crippen LogP contribution < -0.4 is 10.0 Å². The molecular weight excluding hydrogens is 266 g/mol. The molecule has 0 heterocycles.